The van der Waals surface area contributed by atoms with Crippen LogP contribution in [0.2, 0.25) is 0 Å². The zero-order valence-electron chi connectivity index (χ0n) is 12.0. The summed E-state index contributed by atoms with van der Waals surface area (Å²) in [4.78, 5) is 2.35. The van der Waals surface area contributed by atoms with Gasteiger partial charge in [0.15, 0.2) is 0 Å². The second-order valence-corrected chi connectivity index (χ2v) is 5.55. The Morgan fingerprint density at radius 3 is 1.90 bits per heavy atom. The Balaban J connectivity index is 2.02. The summed E-state index contributed by atoms with van der Waals surface area (Å²) in [7, 11) is 0. The number of anilines is 2. The molecule has 0 aliphatic carbocycles. The number of para-hydroxylation sites is 2. The van der Waals surface area contributed by atoms with Gasteiger partial charge in [-0.15, -0.1) is 0 Å². The maximum Gasteiger partial charge on any atom is 0.0411 e. The fourth-order valence-corrected chi connectivity index (χ4v) is 2.46. The fourth-order valence-electron chi connectivity index (χ4n) is 2.11. The van der Waals surface area contributed by atoms with Gasteiger partial charge in [0.2, 0.25) is 0 Å². The second kappa shape index (κ2) is 8.67. The molecule has 1 N–H and O–H groups in total. The van der Waals surface area contributed by atoms with E-state index in [1.165, 1.54) is 11.4 Å². The van der Waals surface area contributed by atoms with Gasteiger partial charge >= 0.3 is 0 Å². The number of nitrogens with one attached hydrogen (secondary N) is 1. The van der Waals surface area contributed by atoms with Crippen molar-refractivity contribution >= 4 is 23.1 Å². The molecule has 0 radical (unpaired) electrons. The van der Waals surface area contributed by atoms with Crippen molar-refractivity contribution in [2.24, 2.45) is 0 Å². The van der Waals surface area contributed by atoms with Crippen LogP contribution < -0.4 is 10.2 Å². The molecule has 0 fully saturated rings. The number of nitrogens with zero attached hydrogens (tertiary/aromatic N) is 1. The van der Waals surface area contributed by atoms with Crippen LogP contribution in [0.1, 0.15) is 0 Å². The van der Waals surface area contributed by atoms with E-state index in [-0.39, 0.29) is 0 Å². The summed E-state index contributed by atoms with van der Waals surface area (Å²) >= 11 is 1.88. The van der Waals surface area contributed by atoms with Crippen LogP contribution in [0.3, 0.4) is 0 Å². The lowest BCUT2D eigenvalue weighted by molar-refractivity contribution is 0.720. The highest BCUT2D eigenvalue weighted by molar-refractivity contribution is 7.98. The van der Waals surface area contributed by atoms with E-state index in [2.05, 4.69) is 77.1 Å². The van der Waals surface area contributed by atoms with E-state index >= 15 is 0 Å². The van der Waals surface area contributed by atoms with E-state index in [1.807, 2.05) is 11.8 Å². The lowest BCUT2D eigenvalue weighted by atomic mass is 10.2. The minimum atomic E-state index is 0.975. The van der Waals surface area contributed by atoms with Crippen molar-refractivity contribution in [3.05, 3.63) is 60.7 Å². The van der Waals surface area contributed by atoms with Gasteiger partial charge in [0, 0.05) is 36.8 Å². The summed E-state index contributed by atoms with van der Waals surface area (Å²) in [5.41, 5.74) is 2.48. The van der Waals surface area contributed by atoms with Crippen LogP contribution >= 0.6 is 11.8 Å². The topological polar surface area (TPSA) is 15.3 Å². The van der Waals surface area contributed by atoms with Crippen LogP contribution in [0.25, 0.3) is 0 Å². The molecule has 0 unspecified atom stereocenters. The predicted molar refractivity (Wildman–Crippen MR) is 91.1 cm³/mol. The Kier molecular flexibility index (Phi) is 6.48. The number of benzene rings is 2. The highest BCUT2D eigenvalue weighted by Crippen LogP contribution is 2.23. The van der Waals surface area contributed by atoms with Gasteiger partial charge in [0.1, 0.15) is 0 Å². The molecule has 0 amide bonds. The molecule has 2 rings (SSSR count). The molecule has 0 saturated heterocycles. The van der Waals surface area contributed by atoms with Crippen molar-refractivity contribution in [1.82, 2.24) is 5.32 Å². The van der Waals surface area contributed by atoms with Crippen molar-refractivity contribution < 1.29 is 0 Å². The smallest absolute Gasteiger partial charge is 0.0411 e. The standard InChI is InChI=1S/C17H22N2S/c1-20-15-13-18-12-14-19(16-8-4-2-5-9-16)17-10-6-3-7-11-17/h2-11,18H,12-15H2,1H3. The molecule has 0 atom stereocenters. The molecule has 0 aromatic heterocycles. The molecule has 3 heteroatoms. The molecule has 2 nitrogen and oxygen atoms in total. The quantitative estimate of drug-likeness (QED) is 0.744. The average molecular weight is 286 g/mol. The lowest BCUT2D eigenvalue weighted by Crippen LogP contribution is -2.30. The van der Waals surface area contributed by atoms with Gasteiger partial charge in [-0.1, -0.05) is 36.4 Å². The Morgan fingerprint density at radius 2 is 1.40 bits per heavy atom. The van der Waals surface area contributed by atoms with Crippen molar-refractivity contribution in [2.75, 3.05) is 36.5 Å². The number of rotatable bonds is 8. The number of hydrogen-bond acceptors (Lipinski definition) is 3. The zero-order valence-corrected chi connectivity index (χ0v) is 12.8. The monoisotopic (exact) mass is 286 g/mol. The van der Waals surface area contributed by atoms with Gasteiger partial charge in [-0.05, 0) is 30.5 Å². The summed E-state index contributed by atoms with van der Waals surface area (Å²) in [6.45, 7) is 3.03. The zero-order chi connectivity index (χ0) is 14.0. The summed E-state index contributed by atoms with van der Waals surface area (Å²) in [5.74, 6) is 1.16. The third-order valence-corrected chi connectivity index (χ3v) is 3.74. The first-order valence-corrected chi connectivity index (χ1v) is 8.38. The van der Waals surface area contributed by atoms with Crippen LogP contribution in [0.15, 0.2) is 60.7 Å². The normalized spacial score (nSPS) is 10.4. The predicted octanol–water partition coefficient (Wildman–Crippen LogP) is 3.78. The summed E-state index contributed by atoms with van der Waals surface area (Å²) < 4.78 is 0. The second-order valence-electron chi connectivity index (χ2n) is 4.57. The van der Waals surface area contributed by atoms with Crippen LogP contribution in [-0.2, 0) is 0 Å². The van der Waals surface area contributed by atoms with Gasteiger partial charge in [-0.3, -0.25) is 0 Å². The summed E-state index contributed by atoms with van der Waals surface area (Å²) in [6.07, 6.45) is 2.14. The molecular weight excluding hydrogens is 264 g/mol. The van der Waals surface area contributed by atoms with Crippen LogP contribution in [0.5, 0.6) is 0 Å². The maximum absolute atomic E-state index is 3.49. The Labute approximate surface area is 126 Å². The fraction of sp³-hybridized carbons (Fsp3) is 0.294. The van der Waals surface area contributed by atoms with Gasteiger partial charge < -0.3 is 10.2 Å². The third kappa shape index (κ3) is 4.58. The lowest BCUT2D eigenvalue weighted by Gasteiger charge is -2.25. The summed E-state index contributed by atoms with van der Waals surface area (Å²) in [5, 5.41) is 3.49. The van der Waals surface area contributed by atoms with Crippen molar-refractivity contribution in [2.45, 2.75) is 0 Å². The Hall–Kier alpha value is -1.45. The largest absolute Gasteiger partial charge is 0.340 e. The first-order valence-electron chi connectivity index (χ1n) is 6.99. The number of hydrogen-bond donors (Lipinski definition) is 1. The van der Waals surface area contributed by atoms with E-state index in [4.69, 9.17) is 0 Å². The van der Waals surface area contributed by atoms with Crippen molar-refractivity contribution in [1.29, 1.82) is 0 Å². The SMILES string of the molecule is CSCCNCCN(c1ccccc1)c1ccccc1. The van der Waals surface area contributed by atoms with Crippen molar-refractivity contribution in [3.63, 3.8) is 0 Å². The molecule has 2 aromatic carbocycles. The molecule has 0 bridgehead atoms. The molecule has 2 aromatic rings. The first-order chi connectivity index (χ1) is 9.92. The molecule has 20 heavy (non-hydrogen) atoms. The van der Waals surface area contributed by atoms with E-state index in [1.54, 1.807) is 0 Å². The van der Waals surface area contributed by atoms with Crippen LogP contribution in [0.4, 0.5) is 11.4 Å². The van der Waals surface area contributed by atoms with Gasteiger partial charge in [-0.25, -0.2) is 0 Å². The first kappa shape index (κ1) is 14.9. The highest BCUT2D eigenvalue weighted by atomic mass is 32.2. The van der Waals surface area contributed by atoms with Gasteiger partial charge in [-0.2, -0.15) is 11.8 Å². The maximum atomic E-state index is 3.49. The summed E-state index contributed by atoms with van der Waals surface area (Å²) in [6, 6.07) is 21.1. The molecule has 0 aliphatic heterocycles. The van der Waals surface area contributed by atoms with Gasteiger partial charge in [0.05, 0.1) is 0 Å². The highest BCUT2D eigenvalue weighted by Gasteiger charge is 2.07. The molecule has 106 valence electrons. The Morgan fingerprint density at radius 1 is 0.850 bits per heavy atom. The number of thioether (sulfide) groups is 1. The average Bonchev–Trinajstić information content (AvgIpc) is 2.53. The van der Waals surface area contributed by atoms with E-state index in [0.717, 1.165) is 25.4 Å². The molecular formula is C17H22N2S. The van der Waals surface area contributed by atoms with E-state index < -0.39 is 0 Å². The molecule has 0 saturated carbocycles. The molecule has 0 aliphatic rings. The van der Waals surface area contributed by atoms with E-state index in [0.29, 0.717) is 0 Å². The van der Waals surface area contributed by atoms with Gasteiger partial charge in [0.25, 0.3) is 0 Å². The van der Waals surface area contributed by atoms with E-state index in [9.17, 15) is 0 Å². The third-order valence-electron chi connectivity index (χ3n) is 3.13. The Bertz CT molecular complexity index is 433. The van der Waals surface area contributed by atoms with Crippen molar-refractivity contribution in [3.8, 4) is 0 Å². The minimum Gasteiger partial charge on any atom is -0.340 e. The molecule has 0 spiro atoms. The van der Waals surface area contributed by atoms with Crippen LogP contribution in [-0.4, -0.2) is 31.6 Å². The molecule has 0 heterocycles. The minimum absolute atomic E-state index is 0.975. The van der Waals surface area contributed by atoms with Crippen LogP contribution in [0, 0.1) is 0 Å².